The van der Waals surface area contributed by atoms with Crippen LogP contribution in [0.25, 0.3) is 0 Å². The number of likely N-dealkylation sites (tertiary alicyclic amines) is 1. The Morgan fingerprint density at radius 3 is 2.79 bits per heavy atom. The van der Waals surface area contributed by atoms with E-state index in [0.29, 0.717) is 5.13 Å². The minimum Gasteiger partial charge on any atom is -0.314 e. The van der Waals surface area contributed by atoms with Crippen LogP contribution in [0.4, 0.5) is 5.13 Å². The number of nitrogens with one attached hydrogen (secondary N) is 2. The average molecular weight is 282 g/mol. The first-order chi connectivity index (χ1) is 9.00. The third-order valence-electron chi connectivity index (χ3n) is 3.78. The Labute approximate surface area is 118 Å². The van der Waals surface area contributed by atoms with Crippen LogP contribution in [0.2, 0.25) is 0 Å². The highest BCUT2D eigenvalue weighted by molar-refractivity contribution is 7.13. The van der Waals surface area contributed by atoms with Crippen LogP contribution in [-0.2, 0) is 11.3 Å². The standard InChI is InChI=1S/C13H22N4OS/c1-10(18)15-12-16-11(9-19-12)8-17-6-4-13(2,14-3)5-7-17/h9,14H,4-8H2,1-3H3,(H,15,16,18). The monoisotopic (exact) mass is 282 g/mol. The first-order valence-corrected chi connectivity index (χ1v) is 7.52. The lowest BCUT2D eigenvalue weighted by atomic mass is 9.90. The smallest absolute Gasteiger partial charge is 0.223 e. The van der Waals surface area contributed by atoms with Gasteiger partial charge in [-0.2, -0.15) is 0 Å². The summed E-state index contributed by atoms with van der Waals surface area (Å²) in [4.78, 5) is 17.8. The molecule has 5 nitrogen and oxygen atoms in total. The quantitative estimate of drug-likeness (QED) is 0.882. The van der Waals surface area contributed by atoms with Gasteiger partial charge in [0, 0.05) is 37.5 Å². The fourth-order valence-electron chi connectivity index (χ4n) is 2.27. The van der Waals surface area contributed by atoms with Crippen molar-refractivity contribution in [1.29, 1.82) is 0 Å². The van der Waals surface area contributed by atoms with Crippen LogP contribution >= 0.6 is 11.3 Å². The van der Waals surface area contributed by atoms with E-state index in [1.54, 1.807) is 0 Å². The largest absolute Gasteiger partial charge is 0.314 e. The molecule has 19 heavy (non-hydrogen) atoms. The summed E-state index contributed by atoms with van der Waals surface area (Å²) in [7, 11) is 2.04. The van der Waals surface area contributed by atoms with Crippen molar-refractivity contribution in [1.82, 2.24) is 15.2 Å². The number of carbonyl (C=O) groups excluding carboxylic acids is 1. The molecule has 0 aliphatic carbocycles. The van der Waals surface area contributed by atoms with Crippen LogP contribution in [-0.4, -0.2) is 41.5 Å². The number of amides is 1. The molecule has 1 amide bonds. The van der Waals surface area contributed by atoms with Crippen LogP contribution in [0, 0.1) is 0 Å². The number of hydrogen-bond acceptors (Lipinski definition) is 5. The molecule has 106 valence electrons. The molecule has 6 heteroatoms. The van der Waals surface area contributed by atoms with Crippen LogP contribution in [0.3, 0.4) is 0 Å². The summed E-state index contributed by atoms with van der Waals surface area (Å²) in [6.45, 7) is 6.83. The van der Waals surface area contributed by atoms with Gasteiger partial charge < -0.3 is 10.6 Å². The highest BCUT2D eigenvalue weighted by Gasteiger charge is 2.28. The minimum atomic E-state index is -0.0661. The Bertz CT molecular complexity index is 438. The van der Waals surface area contributed by atoms with Crippen molar-refractivity contribution < 1.29 is 4.79 Å². The van der Waals surface area contributed by atoms with Crippen LogP contribution < -0.4 is 10.6 Å². The van der Waals surface area contributed by atoms with Gasteiger partial charge in [0.1, 0.15) is 0 Å². The van der Waals surface area contributed by atoms with Crippen molar-refractivity contribution in [2.45, 2.75) is 38.8 Å². The predicted octanol–water partition coefficient (Wildman–Crippen LogP) is 1.68. The Hall–Kier alpha value is -0.980. The van der Waals surface area contributed by atoms with E-state index in [2.05, 4.69) is 27.4 Å². The van der Waals surface area contributed by atoms with Crippen molar-refractivity contribution in [2.24, 2.45) is 0 Å². The maximum atomic E-state index is 11.0. The minimum absolute atomic E-state index is 0.0661. The summed E-state index contributed by atoms with van der Waals surface area (Å²) in [5.41, 5.74) is 1.32. The third-order valence-corrected chi connectivity index (χ3v) is 4.59. The Kier molecular flexibility index (Phi) is 4.54. The molecule has 1 aliphatic rings. The molecule has 1 fully saturated rings. The van der Waals surface area contributed by atoms with Gasteiger partial charge in [0.05, 0.1) is 5.69 Å². The van der Waals surface area contributed by atoms with E-state index in [1.807, 2.05) is 12.4 Å². The summed E-state index contributed by atoms with van der Waals surface area (Å²) in [6.07, 6.45) is 2.32. The predicted molar refractivity (Wildman–Crippen MR) is 78.4 cm³/mol. The first kappa shape index (κ1) is 14.4. The van der Waals surface area contributed by atoms with Crippen LogP contribution in [0.15, 0.2) is 5.38 Å². The molecular weight excluding hydrogens is 260 g/mol. The highest BCUT2D eigenvalue weighted by Crippen LogP contribution is 2.23. The number of aromatic nitrogens is 1. The normalized spacial score (nSPS) is 19.3. The van der Waals surface area contributed by atoms with Crippen molar-refractivity contribution in [3.8, 4) is 0 Å². The van der Waals surface area contributed by atoms with Crippen molar-refractivity contribution in [3.63, 3.8) is 0 Å². The number of anilines is 1. The molecule has 1 aliphatic heterocycles. The molecule has 1 saturated heterocycles. The summed E-state index contributed by atoms with van der Waals surface area (Å²) in [6, 6.07) is 0. The number of rotatable bonds is 4. The SMILES string of the molecule is CNC1(C)CCN(Cc2csc(NC(C)=O)n2)CC1. The van der Waals surface area contributed by atoms with Gasteiger partial charge in [-0.25, -0.2) is 4.98 Å². The van der Waals surface area contributed by atoms with Gasteiger partial charge in [-0.15, -0.1) is 11.3 Å². The second-order valence-corrected chi connectivity index (χ2v) is 6.27. The molecular formula is C13H22N4OS. The van der Waals surface area contributed by atoms with Crippen molar-refractivity contribution >= 4 is 22.4 Å². The van der Waals surface area contributed by atoms with E-state index in [1.165, 1.54) is 18.3 Å². The first-order valence-electron chi connectivity index (χ1n) is 6.64. The number of nitrogens with zero attached hydrogens (tertiary/aromatic N) is 2. The highest BCUT2D eigenvalue weighted by atomic mass is 32.1. The Balaban J connectivity index is 1.85. The Morgan fingerprint density at radius 2 is 2.21 bits per heavy atom. The van der Waals surface area contributed by atoms with Gasteiger partial charge in [0.15, 0.2) is 5.13 Å². The van der Waals surface area contributed by atoms with Gasteiger partial charge in [-0.1, -0.05) is 0 Å². The molecule has 2 heterocycles. The van der Waals surface area contributed by atoms with E-state index in [4.69, 9.17) is 0 Å². The molecule has 2 rings (SSSR count). The maximum absolute atomic E-state index is 11.0. The maximum Gasteiger partial charge on any atom is 0.223 e. The van der Waals surface area contributed by atoms with Crippen LogP contribution in [0.1, 0.15) is 32.4 Å². The molecule has 0 spiro atoms. The molecule has 0 radical (unpaired) electrons. The number of carbonyl (C=O) groups is 1. The fraction of sp³-hybridized carbons (Fsp3) is 0.692. The molecule has 0 bridgehead atoms. The second-order valence-electron chi connectivity index (χ2n) is 5.41. The molecule has 0 atom stereocenters. The zero-order valence-corrected chi connectivity index (χ0v) is 12.6. The van der Waals surface area contributed by atoms with E-state index < -0.39 is 0 Å². The lowest BCUT2D eigenvalue weighted by Crippen LogP contribution is -2.49. The number of hydrogen-bond donors (Lipinski definition) is 2. The van der Waals surface area contributed by atoms with E-state index in [9.17, 15) is 4.79 Å². The zero-order chi connectivity index (χ0) is 13.9. The number of thiazole rings is 1. The zero-order valence-electron chi connectivity index (χ0n) is 11.8. The summed E-state index contributed by atoms with van der Waals surface area (Å²) in [5, 5.41) is 8.85. The number of piperidine rings is 1. The third kappa shape index (κ3) is 3.99. The van der Waals surface area contributed by atoms with Crippen molar-refractivity contribution in [3.05, 3.63) is 11.1 Å². The lowest BCUT2D eigenvalue weighted by Gasteiger charge is -2.39. The van der Waals surface area contributed by atoms with Gasteiger partial charge in [-0.05, 0) is 26.8 Å². The molecule has 0 saturated carbocycles. The molecule has 2 N–H and O–H groups in total. The lowest BCUT2D eigenvalue weighted by molar-refractivity contribution is -0.114. The van der Waals surface area contributed by atoms with Gasteiger partial charge in [0.25, 0.3) is 0 Å². The molecule has 0 unspecified atom stereocenters. The summed E-state index contributed by atoms with van der Waals surface area (Å²) >= 11 is 1.49. The van der Waals surface area contributed by atoms with E-state index >= 15 is 0 Å². The van der Waals surface area contributed by atoms with Crippen LogP contribution in [0.5, 0.6) is 0 Å². The second kappa shape index (κ2) is 5.98. The van der Waals surface area contributed by atoms with Gasteiger partial charge in [0.2, 0.25) is 5.91 Å². The Morgan fingerprint density at radius 1 is 1.53 bits per heavy atom. The van der Waals surface area contributed by atoms with Gasteiger partial charge in [-0.3, -0.25) is 9.69 Å². The van der Waals surface area contributed by atoms with Gasteiger partial charge >= 0.3 is 0 Å². The van der Waals surface area contributed by atoms with Crippen molar-refractivity contribution in [2.75, 3.05) is 25.5 Å². The molecule has 1 aromatic heterocycles. The van der Waals surface area contributed by atoms with E-state index in [0.717, 1.165) is 38.2 Å². The summed E-state index contributed by atoms with van der Waals surface area (Å²) in [5.74, 6) is -0.0661. The van der Waals surface area contributed by atoms with E-state index in [-0.39, 0.29) is 11.4 Å². The molecule has 1 aromatic rings. The topological polar surface area (TPSA) is 57.3 Å². The fourth-order valence-corrected chi connectivity index (χ4v) is 3.02. The molecule has 0 aromatic carbocycles. The summed E-state index contributed by atoms with van der Waals surface area (Å²) < 4.78 is 0. The average Bonchev–Trinajstić information content (AvgIpc) is 2.79.